The summed E-state index contributed by atoms with van der Waals surface area (Å²) in [6, 6.07) is 3.28. The smallest absolute Gasteiger partial charge is 0.162 e. The first-order valence-corrected chi connectivity index (χ1v) is 9.70. The molecular weight excluding hydrogens is 356 g/mol. The van der Waals surface area contributed by atoms with E-state index in [2.05, 4.69) is 0 Å². The molecule has 0 aromatic heterocycles. The predicted molar refractivity (Wildman–Crippen MR) is 96.7 cm³/mol. The molecule has 0 amide bonds. The molecule has 0 radical (unpaired) electrons. The van der Waals surface area contributed by atoms with E-state index in [0.717, 1.165) is 50.7 Å². The van der Waals surface area contributed by atoms with E-state index in [4.69, 9.17) is 9.47 Å². The largest absolute Gasteiger partial charge is 0.490 e. The van der Waals surface area contributed by atoms with Crippen LogP contribution in [0.5, 0.6) is 5.75 Å². The number of hydrogen-bond donors (Lipinski definition) is 2. The molecule has 1 atom stereocenters. The summed E-state index contributed by atoms with van der Waals surface area (Å²) in [7, 11) is 0. The van der Waals surface area contributed by atoms with Crippen LogP contribution in [0.4, 0.5) is 8.78 Å². The highest BCUT2D eigenvalue weighted by atomic mass is 19.2. The molecule has 1 unspecified atom stereocenters. The van der Waals surface area contributed by atoms with Gasteiger partial charge in [-0.15, -0.1) is 0 Å². The number of hydrogen-bond acceptors (Lipinski definition) is 5. The van der Waals surface area contributed by atoms with Crippen molar-refractivity contribution < 1.29 is 28.5 Å². The standard InChI is InChI=1S/C20H29F2NO4/c21-17-6-5-16(11-18(17)22)27-15-20(25)13-23(9-10-26-14-20)12-19(24)7-3-1-2-4-8-19/h5-6,11,24-25H,1-4,7-10,12-15H2. The van der Waals surface area contributed by atoms with Crippen LogP contribution in [0.3, 0.4) is 0 Å². The number of nitrogens with zero attached hydrogens (tertiary/aromatic N) is 1. The van der Waals surface area contributed by atoms with Crippen molar-refractivity contribution in [2.24, 2.45) is 0 Å². The third-order valence-corrected chi connectivity index (χ3v) is 5.39. The van der Waals surface area contributed by atoms with Gasteiger partial charge in [0.25, 0.3) is 0 Å². The molecule has 0 spiro atoms. The molecule has 2 aliphatic rings. The van der Waals surface area contributed by atoms with Gasteiger partial charge in [0.15, 0.2) is 11.6 Å². The number of aliphatic hydroxyl groups is 2. The normalized spacial score (nSPS) is 27.0. The number of ether oxygens (including phenoxy) is 2. The van der Waals surface area contributed by atoms with Gasteiger partial charge >= 0.3 is 0 Å². The maximum absolute atomic E-state index is 13.3. The van der Waals surface area contributed by atoms with Gasteiger partial charge in [-0.1, -0.05) is 25.7 Å². The molecule has 1 saturated carbocycles. The number of halogens is 2. The first-order valence-electron chi connectivity index (χ1n) is 9.70. The van der Waals surface area contributed by atoms with Gasteiger partial charge in [-0.2, -0.15) is 0 Å². The van der Waals surface area contributed by atoms with Crippen molar-refractivity contribution in [2.75, 3.05) is 39.5 Å². The lowest BCUT2D eigenvalue weighted by molar-refractivity contribution is -0.0733. The minimum absolute atomic E-state index is 0.0889. The van der Waals surface area contributed by atoms with E-state index in [-0.39, 0.29) is 19.0 Å². The van der Waals surface area contributed by atoms with E-state index < -0.39 is 22.8 Å². The monoisotopic (exact) mass is 385 g/mol. The van der Waals surface area contributed by atoms with Crippen molar-refractivity contribution in [1.29, 1.82) is 0 Å². The van der Waals surface area contributed by atoms with Gasteiger partial charge in [-0.3, -0.25) is 4.90 Å². The van der Waals surface area contributed by atoms with Gasteiger partial charge < -0.3 is 19.7 Å². The Hall–Kier alpha value is -1.28. The molecule has 27 heavy (non-hydrogen) atoms. The van der Waals surface area contributed by atoms with Crippen molar-refractivity contribution >= 4 is 0 Å². The van der Waals surface area contributed by atoms with Crippen LogP contribution < -0.4 is 4.74 Å². The summed E-state index contributed by atoms with van der Waals surface area (Å²) in [6.07, 6.45) is 5.88. The molecule has 1 aromatic carbocycles. The van der Waals surface area contributed by atoms with E-state index in [0.29, 0.717) is 26.2 Å². The highest BCUT2D eigenvalue weighted by Crippen LogP contribution is 2.29. The summed E-state index contributed by atoms with van der Waals surface area (Å²) in [5, 5.41) is 21.9. The van der Waals surface area contributed by atoms with Crippen LogP contribution in [-0.2, 0) is 4.74 Å². The van der Waals surface area contributed by atoms with Crippen LogP contribution in [0.1, 0.15) is 38.5 Å². The maximum atomic E-state index is 13.3. The zero-order chi connectivity index (χ0) is 19.3. The summed E-state index contributed by atoms with van der Waals surface area (Å²) in [5.41, 5.74) is -2.02. The van der Waals surface area contributed by atoms with Crippen LogP contribution >= 0.6 is 0 Å². The molecule has 152 valence electrons. The lowest BCUT2D eigenvalue weighted by Crippen LogP contribution is -2.52. The SMILES string of the molecule is OC1(CN2CCOCC(O)(COc3ccc(F)c(F)c3)C2)CCCCCC1. The van der Waals surface area contributed by atoms with Crippen molar-refractivity contribution in [2.45, 2.75) is 49.7 Å². The van der Waals surface area contributed by atoms with Crippen molar-refractivity contribution in [3.63, 3.8) is 0 Å². The fourth-order valence-electron chi connectivity index (χ4n) is 3.96. The average Bonchev–Trinajstić information content (AvgIpc) is 2.94. The summed E-state index contributed by atoms with van der Waals surface area (Å²) in [4.78, 5) is 2.02. The molecule has 7 heteroatoms. The Labute approximate surface area is 158 Å². The molecule has 1 aliphatic heterocycles. The van der Waals surface area contributed by atoms with Crippen LogP contribution in [0.2, 0.25) is 0 Å². The van der Waals surface area contributed by atoms with Crippen molar-refractivity contribution in [1.82, 2.24) is 4.90 Å². The third kappa shape index (κ3) is 5.85. The molecule has 1 aliphatic carbocycles. The highest BCUT2D eigenvalue weighted by molar-refractivity contribution is 5.23. The third-order valence-electron chi connectivity index (χ3n) is 5.39. The molecule has 1 aromatic rings. The zero-order valence-electron chi connectivity index (χ0n) is 15.6. The van der Waals surface area contributed by atoms with Gasteiger partial charge in [0.05, 0.1) is 18.8 Å². The second-order valence-electron chi connectivity index (χ2n) is 7.99. The predicted octanol–water partition coefficient (Wildman–Crippen LogP) is 2.49. The molecular formula is C20H29F2NO4. The average molecular weight is 385 g/mol. The highest BCUT2D eigenvalue weighted by Gasteiger charge is 2.37. The van der Waals surface area contributed by atoms with E-state index in [1.807, 2.05) is 4.90 Å². The lowest BCUT2D eigenvalue weighted by atomic mass is 9.93. The Morgan fingerprint density at radius 3 is 2.48 bits per heavy atom. The first-order chi connectivity index (χ1) is 12.9. The second-order valence-corrected chi connectivity index (χ2v) is 7.99. The quantitative estimate of drug-likeness (QED) is 0.763. The van der Waals surface area contributed by atoms with Crippen LogP contribution in [0.25, 0.3) is 0 Å². The molecule has 1 heterocycles. The molecule has 5 nitrogen and oxygen atoms in total. The first kappa shape index (κ1) is 20.5. The van der Waals surface area contributed by atoms with Crippen molar-refractivity contribution in [3.8, 4) is 5.75 Å². The van der Waals surface area contributed by atoms with E-state index >= 15 is 0 Å². The lowest BCUT2D eigenvalue weighted by Gasteiger charge is -2.36. The minimum atomic E-state index is -1.29. The fraction of sp³-hybridized carbons (Fsp3) is 0.700. The van der Waals surface area contributed by atoms with Gasteiger partial charge in [0.1, 0.15) is 18.0 Å². The Morgan fingerprint density at radius 2 is 1.78 bits per heavy atom. The van der Waals surface area contributed by atoms with Crippen LogP contribution in [0, 0.1) is 11.6 Å². The maximum Gasteiger partial charge on any atom is 0.162 e. The van der Waals surface area contributed by atoms with E-state index in [1.165, 1.54) is 6.07 Å². The molecule has 3 rings (SSSR count). The van der Waals surface area contributed by atoms with Gasteiger partial charge in [0.2, 0.25) is 0 Å². The molecule has 1 saturated heterocycles. The summed E-state index contributed by atoms with van der Waals surface area (Å²) >= 11 is 0. The van der Waals surface area contributed by atoms with E-state index in [1.54, 1.807) is 0 Å². The summed E-state index contributed by atoms with van der Waals surface area (Å²) in [5.74, 6) is -1.78. The minimum Gasteiger partial charge on any atom is -0.490 e. The second kappa shape index (κ2) is 8.82. The summed E-state index contributed by atoms with van der Waals surface area (Å²) in [6.45, 7) is 1.85. The number of benzene rings is 1. The van der Waals surface area contributed by atoms with Gasteiger partial charge in [0, 0.05) is 25.7 Å². The number of β-amino-alcohol motifs (C(OH)–C–C–N with tert-alkyl or cyclic N) is 2. The van der Waals surface area contributed by atoms with Crippen molar-refractivity contribution in [3.05, 3.63) is 29.8 Å². The van der Waals surface area contributed by atoms with Crippen LogP contribution in [0.15, 0.2) is 18.2 Å². The number of rotatable bonds is 5. The summed E-state index contributed by atoms with van der Waals surface area (Å²) < 4.78 is 37.4. The topological polar surface area (TPSA) is 62.2 Å². The fourth-order valence-corrected chi connectivity index (χ4v) is 3.96. The molecule has 2 N–H and O–H groups in total. The Kier molecular flexibility index (Phi) is 6.68. The van der Waals surface area contributed by atoms with Crippen LogP contribution in [-0.4, -0.2) is 65.8 Å². The van der Waals surface area contributed by atoms with E-state index in [9.17, 15) is 19.0 Å². The van der Waals surface area contributed by atoms with Gasteiger partial charge in [-0.05, 0) is 25.0 Å². The Morgan fingerprint density at radius 1 is 1.04 bits per heavy atom. The van der Waals surface area contributed by atoms with Gasteiger partial charge in [-0.25, -0.2) is 8.78 Å². The Balaban J connectivity index is 1.61. The molecule has 2 fully saturated rings. The zero-order valence-corrected chi connectivity index (χ0v) is 15.6. The Bertz CT molecular complexity index is 622. The molecule has 0 bridgehead atoms.